The second-order valence-electron chi connectivity index (χ2n) is 6.05. The highest BCUT2D eigenvalue weighted by Gasteiger charge is 2.28. The number of ether oxygens (including phenoxy) is 2. The van der Waals surface area contributed by atoms with E-state index in [9.17, 15) is 9.59 Å². The average Bonchev–Trinajstić information content (AvgIpc) is 2.34. The fourth-order valence-electron chi connectivity index (χ4n) is 1.99. The maximum Gasteiger partial charge on any atom is 0.410 e. The number of carbonyl (C=O) groups excluding carboxylic acids is 2. The van der Waals surface area contributed by atoms with Crippen LogP contribution in [0.4, 0.5) is 9.59 Å². The minimum absolute atomic E-state index is 0.0689. The lowest BCUT2D eigenvalue weighted by Crippen LogP contribution is -2.50. The molecule has 0 bridgehead atoms. The Kier molecular flexibility index (Phi) is 6.10. The van der Waals surface area contributed by atoms with Crippen LogP contribution < -0.4 is 5.32 Å². The second kappa shape index (κ2) is 7.36. The van der Waals surface area contributed by atoms with Crippen molar-refractivity contribution in [3.05, 3.63) is 0 Å². The zero-order valence-corrected chi connectivity index (χ0v) is 12.9. The molecule has 6 heteroatoms. The fourth-order valence-corrected chi connectivity index (χ4v) is 1.99. The van der Waals surface area contributed by atoms with Gasteiger partial charge in [-0.15, -0.1) is 0 Å². The Morgan fingerprint density at radius 3 is 2.65 bits per heavy atom. The number of hydrogen-bond acceptors (Lipinski definition) is 4. The van der Waals surface area contributed by atoms with E-state index in [4.69, 9.17) is 9.47 Å². The Morgan fingerprint density at radius 2 is 2.05 bits per heavy atom. The number of piperidine rings is 1. The minimum Gasteiger partial charge on any atom is -0.450 e. The van der Waals surface area contributed by atoms with Gasteiger partial charge in [0.05, 0.1) is 6.61 Å². The molecule has 116 valence electrons. The van der Waals surface area contributed by atoms with Crippen LogP contribution in [0.15, 0.2) is 0 Å². The first kappa shape index (κ1) is 16.6. The number of nitrogens with one attached hydrogen (secondary N) is 1. The molecule has 20 heavy (non-hydrogen) atoms. The summed E-state index contributed by atoms with van der Waals surface area (Å²) in [5, 5.41) is 2.79. The molecule has 1 fully saturated rings. The smallest absolute Gasteiger partial charge is 0.410 e. The van der Waals surface area contributed by atoms with Crippen LogP contribution in [0.3, 0.4) is 0 Å². The van der Waals surface area contributed by atoms with Gasteiger partial charge in [0.1, 0.15) is 5.60 Å². The second-order valence-corrected chi connectivity index (χ2v) is 6.05. The Balaban J connectivity index is 2.42. The Labute approximate surface area is 120 Å². The van der Waals surface area contributed by atoms with Gasteiger partial charge in [0.2, 0.25) is 0 Å². The quantitative estimate of drug-likeness (QED) is 0.865. The van der Waals surface area contributed by atoms with Crippen molar-refractivity contribution in [3.8, 4) is 0 Å². The summed E-state index contributed by atoms with van der Waals surface area (Å²) in [5.41, 5.74) is -0.502. The van der Waals surface area contributed by atoms with Crippen molar-refractivity contribution in [2.24, 2.45) is 0 Å². The van der Waals surface area contributed by atoms with Crippen molar-refractivity contribution >= 4 is 12.2 Å². The molecule has 0 aliphatic carbocycles. The third kappa shape index (κ3) is 6.12. The molecule has 0 spiro atoms. The summed E-state index contributed by atoms with van der Waals surface area (Å²) < 4.78 is 10.3. The van der Waals surface area contributed by atoms with Crippen molar-refractivity contribution in [3.63, 3.8) is 0 Å². The standard InChI is InChI=1S/C14H26N2O4/c1-5-9-19-12(17)15-11-7-6-8-16(10-11)13(18)20-14(2,3)4/h11H,5-10H2,1-4H3,(H,15,17). The van der Waals surface area contributed by atoms with Gasteiger partial charge in [-0.3, -0.25) is 0 Å². The summed E-state index contributed by atoms with van der Waals surface area (Å²) in [7, 11) is 0. The van der Waals surface area contributed by atoms with E-state index in [-0.39, 0.29) is 12.1 Å². The van der Waals surface area contributed by atoms with Crippen molar-refractivity contribution in [1.82, 2.24) is 10.2 Å². The van der Waals surface area contributed by atoms with Gasteiger partial charge in [0.15, 0.2) is 0 Å². The van der Waals surface area contributed by atoms with E-state index in [1.165, 1.54) is 0 Å². The van der Waals surface area contributed by atoms with Crippen LogP contribution in [0, 0.1) is 0 Å². The van der Waals surface area contributed by atoms with Gasteiger partial charge in [-0.2, -0.15) is 0 Å². The molecule has 0 aromatic rings. The van der Waals surface area contributed by atoms with Crippen LogP contribution in [-0.4, -0.2) is 48.4 Å². The molecule has 1 aliphatic heterocycles. The lowest BCUT2D eigenvalue weighted by atomic mass is 10.1. The van der Waals surface area contributed by atoms with Gasteiger partial charge in [0, 0.05) is 19.1 Å². The molecular weight excluding hydrogens is 260 g/mol. The highest BCUT2D eigenvalue weighted by atomic mass is 16.6. The van der Waals surface area contributed by atoms with E-state index in [0.29, 0.717) is 19.7 Å². The molecular formula is C14H26N2O4. The molecule has 1 heterocycles. The average molecular weight is 286 g/mol. The van der Waals surface area contributed by atoms with Gasteiger partial charge in [0.25, 0.3) is 0 Å². The van der Waals surface area contributed by atoms with E-state index in [1.54, 1.807) is 4.90 Å². The summed E-state index contributed by atoms with van der Waals surface area (Å²) in [5.74, 6) is 0. The zero-order chi connectivity index (χ0) is 15.2. The first-order valence-corrected chi connectivity index (χ1v) is 7.23. The molecule has 2 amide bonds. The Bertz CT molecular complexity index is 339. The largest absolute Gasteiger partial charge is 0.450 e. The SMILES string of the molecule is CCCOC(=O)NC1CCCN(C(=O)OC(C)(C)C)C1. The number of carbonyl (C=O) groups is 2. The predicted molar refractivity (Wildman–Crippen MR) is 75.6 cm³/mol. The first-order valence-electron chi connectivity index (χ1n) is 7.23. The summed E-state index contributed by atoms with van der Waals surface area (Å²) in [6, 6.07) is -0.0689. The van der Waals surface area contributed by atoms with E-state index >= 15 is 0 Å². The molecule has 1 unspecified atom stereocenters. The highest BCUT2D eigenvalue weighted by Crippen LogP contribution is 2.15. The van der Waals surface area contributed by atoms with Crippen LogP contribution in [0.1, 0.15) is 47.0 Å². The number of alkyl carbamates (subject to hydrolysis) is 1. The van der Waals surface area contributed by atoms with Crippen LogP contribution >= 0.6 is 0 Å². The first-order chi connectivity index (χ1) is 9.31. The number of hydrogen-bond donors (Lipinski definition) is 1. The molecule has 1 aliphatic rings. The van der Waals surface area contributed by atoms with E-state index in [2.05, 4.69) is 5.32 Å². The molecule has 1 N–H and O–H groups in total. The number of amides is 2. The van der Waals surface area contributed by atoms with Crippen LogP contribution in [0.5, 0.6) is 0 Å². The van der Waals surface area contributed by atoms with Gasteiger partial charge in [-0.05, 0) is 40.0 Å². The normalized spacial score (nSPS) is 19.4. The number of likely N-dealkylation sites (tertiary alicyclic amines) is 1. The van der Waals surface area contributed by atoms with Crippen molar-refractivity contribution in [2.45, 2.75) is 58.6 Å². The summed E-state index contributed by atoms with van der Waals surface area (Å²) in [4.78, 5) is 25.1. The topological polar surface area (TPSA) is 67.9 Å². The van der Waals surface area contributed by atoms with Crippen LogP contribution in [0.2, 0.25) is 0 Å². The van der Waals surface area contributed by atoms with Gasteiger partial charge >= 0.3 is 12.2 Å². The van der Waals surface area contributed by atoms with Crippen molar-refractivity contribution in [2.75, 3.05) is 19.7 Å². The molecule has 1 saturated heterocycles. The Hall–Kier alpha value is -1.46. The van der Waals surface area contributed by atoms with Crippen LogP contribution in [0.25, 0.3) is 0 Å². The third-order valence-electron chi connectivity index (χ3n) is 2.83. The Morgan fingerprint density at radius 1 is 1.35 bits per heavy atom. The van der Waals surface area contributed by atoms with E-state index in [0.717, 1.165) is 19.3 Å². The lowest BCUT2D eigenvalue weighted by Gasteiger charge is -2.34. The number of rotatable bonds is 3. The molecule has 1 atom stereocenters. The van der Waals surface area contributed by atoms with Crippen LogP contribution in [-0.2, 0) is 9.47 Å². The lowest BCUT2D eigenvalue weighted by molar-refractivity contribution is 0.0184. The third-order valence-corrected chi connectivity index (χ3v) is 2.83. The summed E-state index contributed by atoms with van der Waals surface area (Å²) in [6.07, 6.45) is 1.74. The van der Waals surface area contributed by atoms with E-state index in [1.807, 2.05) is 27.7 Å². The molecule has 0 aromatic carbocycles. The molecule has 6 nitrogen and oxygen atoms in total. The molecule has 0 saturated carbocycles. The molecule has 0 aromatic heterocycles. The van der Waals surface area contributed by atoms with Gasteiger partial charge < -0.3 is 19.7 Å². The van der Waals surface area contributed by atoms with Crippen molar-refractivity contribution < 1.29 is 19.1 Å². The van der Waals surface area contributed by atoms with Crippen molar-refractivity contribution in [1.29, 1.82) is 0 Å². The van der Waals surface area contributed by atoms with E-state index < -0.39 is 11.7 Å². The summed E-state index contributed by atoms with van der Waals surface area (Å²) in [6.45, 7) is 9.01. The maximum atomic E-state index is 12.0. The van der Waals surface area contributed by atoms with Gasteiger partial charge in [-0.25, -0.2) is 9.59 Å². The molecule has 0 radical (unpaired) electrons. The fraction of sp³-hybridized carbons (Fsp3) is 0.857. The monoisotopic (exact) mass is 286 g/mol. The predicted octanol–water partition coefficient (Wildman–Crippen LogP) is 2.52. The molecule has 1 rings (SSSR count). The zero-order valence-electron chi connectivity index (χ0n) is 12.9. The summed E-state index contributed by atoms with van der Waals surface area (Å²) >= 11 is 0. The minimum atomic E-state index is -0.502. The highest BCUT2D eigenvalue weighted by molar-refractivity contribution is 5.69. The number of nitrogens with zero attached hydrogens (tertiary/aromatic N) is 1. The maximum absolute atomic E-state index is 12.0. The van der Waals surface area contributed by atoms with Gasteiger partial charge in [-0.1, -0.05) is 6.92 Å².